The Bertz CT molecular complexity index is 1300. The van der Waals surface area contributed by atoms with Crippen LogP contribution in [0.25, 0.3) is 11.3 Å². The summed E-state index contributed by atoms with van der Waals surface area (Å²) in [5.74, 6) is 0.949. The Labute approximate surface area is 205 Å². The van der Waals surface area contributed by atoms with Gasteiger partial charge in [-0.1, -0.05) is 41.2 Å². The number of nitrogens with one attached hydrogen (secondary N) is 2. The molecule has 0 saturated carbocycles. The number of amides is 2. The summed E-state index contributed by atoms with van der Waals surface area (Å²) < 4.78 is 5.10. The van der Waals surface area contributed by atoms with E-state index in [4.69, 9.17) is 4.52 Å². The number of pyridine rings is 1. The average molecular weight is 494 g/mol. The monoisotopic (exact) mass is 493 g/mol. The van der Waals surface area contributed by atoms with Gasteiger partial charge in [-0.2, -0.15) is 0 Å². The van der Waals surface area contributed by atoms with E-state index < -0.39 is 0 Å². The highest BCUT2D eigenvalue weighted by atomic mass is 32.2. The van der Waals surface area contributed by atoms with Gasteiger partial charge in [0.25, 0.3) is 5.91 Å². The van der Waals surface area contributed by atoms with Gasteiger partial charge in [0.15, 0.2) is 5.13 Å². The molecule has 2 N–H and O–H groups in total. The number of nitrogens with zero attached hydrogens (tertiary/aromatic N) is 3. The number of rotatable bonds is 8. The zero-order valence-corrected chi connectivity index (χ0v) is 20.5. The molecule has 0 spiro atoms. The number of thiazole rings is 1. The van der Waals surface area contributed by atoms with Crippen molar-refractivity contribution in [3.05, 3.63) is 76.6 Å². The smallest absolute Gasteiger partial charge is 0.260 e. The molecule has 0 aliphatic rings. The molecule has 8 nitrogen and oxygen atoms in total. The first-order chi connectivity index (χ1) is 16.4. The van der Waals surface area contributed by atoms with Crippen LogP contribution >= 0.6 is 23.1 Å². The Balaban J connectivity index is 1.42. The van der Waals surface area contributed by atoms with Crippen molar-refractivity contribution in [1.29, 1.82) is 0 Å². The van der Waals surface area contributed by atoms with E-state index in [0.717, 1.165) is 28.3 Å². The lowest BCUT2D eigenvalue weighted by Crippen LogP contribution is -2.23. The number of carbonyl (C=O) groups excluding carboxylic acids is 2. The van der Waals surface area contributed by atoms with Crippen LogP contribution in [-0.2, 0) is 10.5 Å². The minimum Gasteiger partial charge on any atom is -0.361 e. The summed E-state index contributed by atoms with van der Waals surface area (Å²) in [6, 6.07) is 13.1. The molecule has 1 atom stereocenters. The van der Waals surface area contributed by atoms with E-state index in [1.165, 1.54) is 30.0 Å². The van der Waals surface area contributed by atoms with E-state index in [9.17, 15) is 9.59 Å². The van der Waals surface area contributed by atoms with E-state index in [0.29, 0.717) is 21.5 Å². The molecular weight excluding hydrogens is 470 g/mol. The van der Waals surface area contributed by atoms with Crippen molar-refractivity contribution in [2.75, 3.05) is 5.32 Å². The van der Waals surface area contributed by atoms with Crippen LogP contribution in [0, 0.1) is 6.92 Å². The van der Waals surface area contributed by atoms with Gasteiger partial charge in [0.1, 0.15) is 10.8 Å². The van der Waals surface area contributed by atoms with Gasteiger partial charge in [-0.05, 0) is 31.5 Å². The summed E-state index contributed by atoms with van der Waals surface area (Å²) in [6.45, 7) is 5.27. The van der Waals surface area contributed by atoms with Gasteiger partial charge in [-0.3, -0.25) is 14.9 Å². The van der Waals surface area contributed by atoms with Gasteiger partial charge < -0.3 is 9.84 Å². The lowest BCUT2D eigenvalue weighted by molar-refractivity contribution is -0.119. The topological polar surface area (TPSA) is 110 Å². The van der Waals surface area contributed by atoms with Crippen molar-refractivity contribution >= 4 is 40.0 Å². The summed E-state index contributed by atoms with van der Waals surface area (Å²) in [5, 5.41) is 12.7. The predicted molar refractivity (Wildman–Crippen MR) is 133 cm³/mol. The number of thioether (sulfide) groups is 1. The second-order valence-corrected chi connectivity index (χ2v) is 9.43. The van der Waals surface area contributed by atoms with Gasteiger partial charge in [-0.15, -0.1) is 11.3 Å². The lowest BCUT2D eigenvalue weighted by Gasteiger charge is -2.13. The molecule has 10 heteroatoms. The Morgan fingerprint density at radius 2 is 2.00 bits per heavy atom. The van der Waals surface area contributed by atoms with Crippen LogP contribution < -0.4 is 10.6 Å². The second-order valence-electron chi connectivity index (χ2n) is 7.61. The van der Waals surface area contributed by atoms with Crippen molar-refractivity contribution in [2.45, 2.75) is 37.6 Å². The molecule has 3 aromatic heterocycles. The molecule has 0 aliphatic carbocycles. The van der Waals surface area contributed by atoms with Crippen molar-refractivity contribution in [3.8, 4) is 11.3 Å². The number of hydrogen-bond donors (Lipinski definition) is 2. The molecule has 1 aromatic carbocycles. The molecule has 34 heavy (non-hydrogen) atoms. The standard InChI is InChI=1S/C24H23N5O3S2/c1-14-11-19(29-32-14)12-33-23-20(5-4-10-25-23)22(31)28-24-27-21(13-34-24)18-8-6-17(7-9-18)15(2)26-16(3)30/h4-11,13,15H,12H2,1-3H3,(H,26,30)(H,27,28,31). The van der Waals surface area contributed by atoms with Crippen LogP contribution in [0.2, 0.25) is 0 Å². The number of carbonyl (C=O) groups is 2. The minimum absolute atomic E-state index is 0.0696. The predicted octanol–water partition coefficient (Wildman–Crippen LogP) is 5.24. The molecule has 4 aromatic rings. The summed E-state index contributed by atoms with van der Waals surface area (Å²) >= 11 is 2.78. The van der Waals surface area contributed by atoms with Crippen LogP contribution in [0.1, 0.15) is 47.3 Å². The zero-order chi connectivity index (χ0) is 24.1. The number of hydrogen-bond acceptors (Lipinski definition) is 8. The quantitative estimate of drug-likeness (QED) is 0.323. The SMILES string of the molecule is CC(=O)NC(C)c1ccc(-c2csc(NC(=O)c3cccnc3SCc3cc(C)on3)n2)cc1. The van der Waals surface area contributed by atoms with Gasteiger partial charge >= 0.3 is 0 Å². The first-order valence-corrected chi connectivity index (χ1v) is 12.4. The summed E-state index contributed by atoms with van der Waals surface area (Å²) in [4.78, 5) is 33.1. The molecule has 0 saturated heterocycles. The lowest BCUT2D eigenvalue weighted by atomic mass is 10.1. The molecular formula is C24H23N5O3S2. The van der Waals surface area contributed by atoms with E-state index in [2.05, 4.69) is 25.8 Å². The molecule has 3 heterocycles. The van der Waals surface area contributed by atoms with E-state index in [1.54, 1.807) is 18.3 Å². The molecule has 0 fully saturated rings. The number of anilines is 1. The maximum atomic E-state index is 12.9. The van der Waals surface area contributed by atoms with Crippen LogP contribution in [0.4, 0.5) is 5.13 Å². The van der Waals surface area contributed by atoms with Gasteiger partial charge in [-0.25, -0.2) is 9.97 Å². The number of benzene rings is 1. The minimum atomic E-state index is -0.271. The molecule has 2 amide bonds. The Morgan fingerprint density at radius 1 is 1.21 bits per heavy atom. The Kier molecular flexibility index (Phi) is 7.39. The fourth-order valence-electron chi connectivity index (χ4n) is 3.27. The fourth-order valence-corrected chi connectivity index (χ4v) is 4.85. The highest BCUT2D eigenvalue weighted by Crippen LogP contribution is 2.28. The number of aromatic nitrogens is 3. The summed E-state index contributed by atoms with van der Waals surface area (Å²) in [7, 11) is 0. The van der Waals surface area contributed by atoms with Crippen LogP contribution in [0.15, 0.2) is 63.6 Å². The van der Waals surface area contributed by atoms with E-state index in [-0.39, 0.29) is 17.9 Å². The summed E-state index contributed by atoms with van der Waals surface area (Å²) in [6.07, 6.45) is 1.66. The first kappa shape index (κ1) is 23.7. The third-order valence-corrected chi connectivity index (χ3v) is 6.70. The van der Waals surface area contributed by atoms with Crippen LogP contribution in [0.5, 0.6) is 0 Å². The first-order valence-electron chi connectivity index (χ1n) is 10.5. The van der Waals surface area contributed by atoms with Crippen molar-refractivity contribution in [1.82, 2.24) is 20.4 Å². The maximum Gasteiger partial charge on any atom is 0.260 e. The van der Waals surface area contributed by atoms with Crippen molar-refractivity contribution in [3.63, 3.8) is 0 Å². The van der Waals surface area contributed by atoms with Crippen molar-refractivity contribution < 1.29 is 14.1 Å². The molecule has 4 rings (SSSR count). The average Bonchev–Trinajstić information content (AvgIpc) is 3.46. The third-order valence-electron chi connectivity index (χ3n) is 4.90. The highest BCUT2D eigenvalue weighted by Gasteiger charge is 2.16. The third kappa shape index (κ3) is 5.89. The van der Waals surface area contributed by atoms with Crippen LogP contribution in [-0.4, -0.2) is 26.9 Å². The Morgan fingerprint density at radius 3 is 2.71 bits per heavy atom. The molecule has 0 bridgehead atoms. The maximum absolute atomic E-state index is 12.9. The summed E-state index contributed by atoms with van der Waals surface area (Å²) in [5.41, 5.74) is 3.96. The zero-order valence-electron chi connectivity index (χ0n) is 18.9. The highest BCUT2D eigenvalue weighted by molar-refractivity contribution is 7.98. The van der Waals surface area contributed by atoms with E-state index >= 15 is 0 Å². The second kappa shape index (κ2) is 10.6. The number of aryl methyl sites for hydroxylation is 1. The van der Waals surface area contributed by atoms with Gasteiger partial charge in [0.05, 0.1) is 23.0 Å². The molecule has 1 unspecified atom stereocenters. The normalized spacial score (nSPS) is 11.7. The van der Waals surface area contributed by atoms with E-state index in [1.807, 2.05) is 49.6 Å². The van der Waals surface area contributed by atoms with Gasteiger partial charge in [0, 0.05) is 35.9 Å². The Hall–Kier alpha value is -3.50. The molecule has 0 aliphatic heterocycles. The van der Waals surface area contributed by atoms with Crippen LogP contribution in [0.3, 0.4) is 0 Å². The van der Waals surface area contributed by atoms with Gasteiger partial charge in [0.2, 0.25) is 5.91 Å². The van der Waals surface area contributed by atoms with Crippen molar-refractivity contribution in [2.24, 2.45) is 0 Å². The fraction of sp³-hybridized carbons (Fsp3) is 0.208. The molecule has 174 valence electrons. The molecule has 0 radical (unpaired) electrons. The largest absolute Gasteiger partial charge is 0.361 e.